The van der Waals surface area contributed by atoms with Crippen molar-refractivity contribution in [2.75, 3.05) is 18.0 Å². The molecule has 100 valence electrons. The predicted molar refractivity (Wildman–Crippen MR) is 75.7 cm³/mol. The molecule has 3 N–H and O–H groups in total. The molecule has 0 unspecified atom stereocenters. The number of anilines is 1. The highest BCUT2D eigenvalue weighted by molar-refractivity contribution is 5.48. The van der Waals surface area contributed by atoms with Gasteiger partial charge >= 0.3 is 0 Å². The zero-order chi connectivity index (χ0) is 13.2. The Kier molecular flexibility index (Phi) is 3.93. The summed E-state index contributed by atoms with van der Waals surface area (Å²) in [6, 6.07) is 8.67. The van der Waals surface area contributed by atoms with Crippen molar-refractivity contribution in [1.29, 1.82) is 0 Å². The molecule has 0 radical (unpaired) electrons. The Labute approximate surface area is 110 Å². The molecule has 1 atom stereocenters. The van der Waals surface area contributed by atoms with Crippen LogP contribution < -0.4 is 10.6 Å². The van der Waals surface area contributed by atoms with Crippen LogP contribution in [0.4, 0.5) is 5.69 Å². The second kappa shape index (κ2) is 5.29. The van der Waals surface area contributed by atoms with Gasteiger partial charge in [-0.2, -0.15) is 0 Å². The first-order valence-electron chi connectivity index (χ1n) is 6.85. The number of nitrogens with zero attached hydrogens (tertiary/aromatic N) is 1. The summed E-state index contributed by atoms with van der Waals surface area (Å²) >= 11 is 0. The molecule has 3 heteroatoms. The van der Waals surface area contributed by atoms with E-state index in [0.29, 0.717) is 0 Å². The molecule has 0 bridgehead atoms. The molecular weight excluding hydrogens is 224 g/mol. The summed E-state index contributed by atoms with van der Waals surface area (Å²) in [6.45, 7) is 5.87. The topological polar surface area (TPSA) is 49.5 Å². The summed E-state index contributed by atoms with van der Waals surface area (Å²) in [5.41, 5.74) is 7.96. The SMILES string of the molecule is CC[C@H](N)c1ccc(N2CCC(C)(O)CC2)cc1. The number of nitrogens with two attached hydrogens (primary N) is 1. The Hall–Kier alpha value is -1.06. The van der Waals surface area contributed by atoms with E-state index in [9.17, 15) is 5.11 Å². The smallest absolute Gasteiger partial charge is 0.0653 e. The summed E-state index contributed by atoms with van der Waals surface area (Å²) in [7, 11) is 0. The number of benzene rings is 1. The third-order valence-electron chi connectivity index (χ3n) is 3.97. The highest BCUT2D eigenvalue weighted by Crippen LogP contribution is 2.26. The fourth-order valence-corrected chi connectivity index (χ4v) is 2.41. The van der Waals surface area contributed by atoms with Crippen LogP contribution in [0.2, 0.25) is 0 Å². The third-order valence-corrected chi connectivity index (χ3v) is 3.97. The van der Waals surface area contributed by atoms with Gasteiger partial charge in [0.1, 0.15) is 0 Å². The lowest BCUT2D eigenvalue weighted by Gasteiger charge is -2.37. The molecule has 1 aromatic carbocycles. The van der Waals surface area contributed by atoms with E-state index >= 15 is 0 Å². The molecule has 0 spiro atoms. The molecule has 1 saturated heterocycles. The van der Waals surface area contributed by atoms with Crippen LogP contribution in [0.5, 0.6) is 0 Å². The lowest BCUT2D eigenvalue weighted by Crippen LogP contribution is -2.42. The monoisotopic (exact) mass is 248 g/mol. The van der Waals surface area contributed by atoms with E-state index in [-0.39, 0.29) is 6.04 Å². The van der Waals surface area contributed by atoms with Crippen LogP contribution in [0, 0.1) is 0 Å². The fraction of sp³-hybridized carbons (Fsp3) is 0.600. The van der Waals surface area contributed by atoms with Crippen LogP contribution in [-0.4, -0.2) is 23.8 Å². The van der Waals surface area contributed by atoms with Gasteiger partial charge in [0, 0.05) is 24.8 Å². The normalized spacial score (nSPS) is 20.8. The van der Waals surface area contributed by atoms with Gasteiger partial charge in [-0.05, 0) is 43.9 Å². The minimum atomic E-state index is -0.485. The summed E-state index contributed by atoms with van der Waals surface area (Å²) in [5.74, 6) is 0. The van der Waals surface area contributed by atoms with Crippen LogP contribution in [0.25, 0.3) is 0 Å². The second-order valence-electron chi connectivity index (χ2n) is 5.59. The molecule has 0 aliphatic carbocycles. The highest BCUT2D eigenvalue weighted by Gasteiger charge is 2.27. The van der Waals surface area contributed by atoms with Crippen LogP contribution in [-0.2, 0) is 0 Å². The van der Waals surface area contributed by atoms with Crippen molar-refractivity contribution in [2.24, 2.45) is 5.73 Å². The number of hydrogen-bond donors (Lipinski definition) is 2. The molecule has 1 aromatic rings. The Bertz CT molecular complexity index is 376. The Morgan fingerprint density at radius 2 is 1.83 bits per heavy atom. The Morgan fingerprint density at radius 1 is 1.28 bits per heavy atom. The molecule has 0 amide bonds. The molecule has 1 heterocycles. The number of aliphatic hydroxyl groups is 1. The first kappa shape index (κ1) is 13.4. The van der Waals surface area contributed by atoms with Crippen molar-refractivity contribution in [2.45, 2.75) is 44.8 Å². The van der Waals surface area contributed by atoms with E-state index in [4.69, 9.17) is 5.73 Å². The van der Waals surface area contributed by atoms with Crippen molar-refractivity contribution in [1.82, 2.24) is 0 Å². The quantitative estimate of drug-likeness (QED) is 0.864. The van der Waals surface area contributed by atoms with E-state index in [0.717, 1.165) is 32.4 Å². The summed E-state index contributed by atoms with van der Waals surface area (Å²) in [4.78, 5) is 2.33. The molecule has 1 fully saturated rings. The van der Waals surface area contributed by atoms with E-state index < -0.39 is 5.60 Å². The van der Waals surface area contributed by atoms with Gasteiger partial charge in [0.25, 0.3) is 0 Å². The standard InChI is InChI=1S/C15H24N2O/c1-3-14(16)12-4-6-13(7-5-12)17-10-8-15(2,18)9-11-17/h4-7,14,18H,3,8-11,16H2,1-2H3/t14-/m0/s1. The van der Waals surface area contributed by atoms with E-state index in [1.165, 1.54) is 11.3 Å². The fourth-order valence-electron chi connectivity index (χ4n) is 2.41. The van der Waals surface area contributed by atoms with Crippen molar-refractivity contribution >= 4 is 5.69 Å². The van der Waals surface area contributed by atoms with Gasteiger partial charge in [-0.25, -0.2) is 0 Å². The highest BCUT2D eigenvalue weighted by atomic mass is 16.3. The molecule has 1 aliphatic rings. The van der Waals surface area contributed by atoms with Gasteiger partial charge < -0.3 is 15.7 Å². The largest absolute Gasteiger partial charge is 0.390 e. The molecule has 3 nitrogen and oxygen atoms in total. The van der Waals surface area contributed by atoms with Crippen molar-refractivity contribution in [3.8, 4) is 0 Å². The molecule has 0 saturated carbocycles. The minimum Gasteiger partial charge on any atom is -0.390 e. The number of piperidine rings is 1. The lowest BCUT2D eigenvalue weighted by molar-refractivity contribution is 0.0351. The Morgan fingerprint density at radius 3 is 2.33 bits per heavy atom. The zero-order valence-corrected chi connectivity index (χ0v) is 11.4. The van der Waals surface area contributed by atoms with Crippen LogP contribution in [0.1, 0.15) is 44.7 Å². The van der Waals surface area contributed by atoms with Gasteiger partial charge in [-0.15, -0.1) is 0 Å². The zero-order valence-electron chi connectivity index (χ0n) is 11.4. The third kappa shape index (κ3) is 3.03. The maximum Gasteiger partial charge on any atom is 0.0653 e. The van der Waals surface area contributed by atoms with Crippen LogP contribution in [0.3, 0.4) is 0 Å². The average Bonchev–Trinajstić information content (AvgIpc) is 2.38. The predicted octanol–water partition coefficient (Wildman–Crippen LogP) is 2.45. The number of rotatable bonds is 3. The van der Waals surface area contributed by atoms with E-state index in [1.54, 1.807) is 0 Å². The van der Waals surface area contributed by atoms with Crippen molar-refractivity contribution in [3.63, 3.8) is 0 Å². The first-order valence-corrected chi connectivity index (χ1v) is 6.85. The van der Waals surface area contributed by atoms with Crippen molar-refractivity contribution < 1.29 is 5.11 Å². The molecule has 18 heavy (non-hydrogen) atoms. The van der Waals surface area contributed by atoms with Crippen molar-refractivity contribution in [3.05, 3.63) is 29.8 Å². The van der Waals surface area contributed by atoms with Gasteiger partial charge in [0.15, 0.2) is 0 Å². The van der Waals surface area contributed by atoms with Gasteiger partial charge in [-0.1, -0.05) is 19.1 Å². The Balaban J connectivity index is 2.02. The first-order chi connectivity index (χ1) is 8.52. The second-order valence-corrected chi connectivity index (χ2v) is 5.59. The van der Waals surface area contributed by atoms with E-state index in [2.05, 4.69) is 36.1 Å². The summed E-state index contributed by atoms with van der Waals surface area (Å²) in [5, 5.41) is 9.94. The molecular formula is C15H24N2O. The molecule has 2 rings (SSSR count). The van der Waals surface area contributed by atoms with Gasteiger partial charge in [0.05, 0.1) is 5.60 Å². The molecule has 1 aliphatic heterocycles. The van der Waals surface area contributed by atoms with Crippen LogP contribution in [0.15, 0.2) is 24.3 Å². The van der Waals surface area contributed by atoms with Gasteiger partial charge in [0.2, 0.25) is 0 Å². The van der Waals surface area contributed by atoms with Gasteiger partial charge in [-0.3, -0.25) is 0 Å². The summed E-state index contributed by atoms with van der Waals surface area (Å²) < 4.78 is 0. The molecule has 0 aromatic heterocycles. The summed E-state index contributed by atoms with van der Waals surface area (Å²) in [6.07, 6.45) is 2.64. The number of hydrogen-bond acceptors (Lipinski definition) is 3. The van der Waals surface area contributed by atoms with E-state index in [1.807, 2.05) is 6.92 Å². The maximum atomic E-state index is 9.94. The lowest BCUT2D eigenvalue weighted by atomic mass is 9.93. The minimum absolute atomic E-state index is 0.140. The van der Waals surface area contributed by atoms with Crippen LogP contribution >= 0.6 is 0 Å². The maximum absolute atomic E-state index is 9.94. The average molecular weight is 248 g/mol.